The number of aryl methyl sites for hydroxylation is 1. The Morgan fingerprint density at radius 1 is 1.33 bits per heavy atom. The van der Waals surface area contributed by atoms with Crippen molar-refractivity contribution in [1.29, 1.82) is 0 Å². The molecule has 0 aliphatic rings. The minimum Gasteiger partial charge on any atom is -0.357 e. The number of hydrogen-bond acceptors (Lipinski definition) is 3. The molecular weight excluding hydrogens is 264 g/mol. The molecule has 0 saturated heterocycles. The van der Waals surface area contributed by atoms with Gasteiger partial charge in [0.05, 0.1) is 12.7 Å². The molecule has 21 heavy (non-hydrogen) atoms. The smallest absolute Gasteiger partial charge is 0.191 e. The van der Waals surface area contributed by atoms with Gasteiger partial charge in [0.25, 0.3) is 0 Å². The van der Waals surface area contributed by atoms with Crippen molar-refractivity contribution in [3.8, 4) is 0 Å². The van der Waals surface area contributed by atoms with Crippen LogP contribution in [0.5, 0.6) is 0 Å². The van der Waals surface area contributed by atoms with E-state index in [0.717, 1.165) is 36.7 Å². The highest BCUT2D eigenvalue weighted by molar-refractivity contribution is 5.79. The van der Waals surface area contributed by atoms with Crippen LogP contribution in [-0.2, 0) is 20.0 Å². The van der Waals surface area contributed by atoms with Gasteiger partial charge in [-0.2, -0.15) is 5.10 Å². The molecule has 2 aromatic rings. The molecule has 0 aromatic carbocycles. The fourth-order valence-corrected chi connectivity index (χ4v) is 1.92. The van der Waals surface area contributed by atoms with E-state index in [1.807, 2.05) is 43.8 Å². The second kappa shape index (κ2) is 8.04. The lowest BCUT2D eigenvalue weighted by Gasteiger charge is -2.10. The number of aliphatic imine (C=N–C) groups is 1. The van der Waals surface area contributed by atoms with Crippen molar-refractivity contribution in [3.63, 3.8) is 0 Å². The van der Waals surface area contributed by atoms with E-state index in [-0.39, 0.29) is 0 Å². The van der Waals surface area contributed by atoms with E-state index in [2.05, 4.69) is 32.6 Å². The molecule has 0 aliphatic heterocycles. The molecule has 2 N–H and O–H groups in total. The summed E-state index contributed by atoms with van der Waals surface area (Å²) in [5.41, 5.74) is 2.17. The van der Waals surface area contributed by atoms with E-state index >= 15 is 0 Å². The minimum atomic E-state index is 0.618. The Kier molecular flexibility index (Phi) is 5.75. The average molecular weight is 286 g/mol. The Bertz CT molecular complexity index is 561. The van der Waals surface area contributed by atoms with Crippen LogP contribution in [0, 0.1) is 0 Å². The summed E-state index contributed by atoms with van der Waals surface area (Å²) in [6, 6.07) is 5.96. The van der Waals surface area contributed by atoms with Gasteiger partial charge in [-0.25, -0.2) is 4.99 Å². The summed E-state index contributed by atoms with van der Waals surface area (Å²) in [6.45, 7) is 4.31. The molecule has 0 bridgehead atoms. The summed E-state index contributed by atoms with van der Waals surface area (Å²) < 4.78 is 1.78. The second-order valence-corrected chi connectivity index (χ2v) is 4.72. The van der Waals surface area contributed by atoms with Gasteiger partial charge in [0.15, 0.2) is 5.96 Å². The molecule has 2 aromatic heterocycles. The zero-order chi connectivity index (χ0) is 14.9. The lowest BCUT2D eigenvalue weighted by atomic mass is 10.3. The Labute approximate surface area is 125 Å². The largest absolute Gasteiger partial charge is 0.357 e. The monoisotopic (exact) mass is 286 g/mol. The molecule has 0 atom stereocenters. The first-order chi connectivity index (χ1) is 10.3. The van der Waals surface area contributed by atoms with Crippen LogP contribution >= 0.6 is 0 Å². The molecule has 0 fully saturated rings. The van der Waals surface area contributed by atoms with Gasteiger partial charge in [-0.1, -0.05) is 6.07 Å². The van der Waals surface area contributed by atoms with E-state index in [1.54, 1.807) is 4.68 Å². The molecule has 0 spiro atoms. The molecule has 0 saturated carbocycles. The lowest BCUT2D eigenvalue weighted by molar-refractivity contribution is 0.766. The summed E-state index contributed by atoms with van der Waals surface area (Å²) in [4.78, 5) is 8.86. The molecule has 112 valence electrons. The fourth-order valence-electron chi connectivity index (χ4n) is 1.92. The zero-order valence-corrected chi connectivity index (χ0v) is 12.6. The van der Waals surface area contributed by atoms with Crippen LogP contribution in [-0.4, -0.2) is 33.8 Å². The minimum absolute atomic E-state index is 0.618. The molecule has 2 rings (SSSR count). The van der Waals surface area contributed by atoms with Gasteiger partial charge in [0.2, 0.25) is 0 Å². The number of rotatable bonds is 6. The lowest BCUT2D eigenvalue weighted by Crippen LogP contribution is -2.38. The molecule has 6 heteroatoms. The average Bonchev–Trinajstić information content (AvgIpc) is 2.91. The highest BCUT2D eigenvalue weighted by atomic mass is 15.2. The third-order valence-electron chi connectivity index (χ3n) is 2.92. The quantitative estimate of drug-likeness (QED) is 0.617. The van der Waals surface area contributed by atoms with Crippen molar-refractivity contribution in [1.82, 2.24) is 25.4 Å². The summed E-state index contributed by atoms with van der Waals surface area (Å²) in [5.74, 6) is 0.817. The summed E-state index contributed by atoms with van der Waals surface area (Å²) in [7, 11) is 1.91. The normalized spacial score (nSPS) is 11.4. The van der Waals surface area contributed by atoms with Gasteiger partial charge in [-0.15, -0.1) is 0 Å². The van der Waals surface area contributed by atoms with Crippen LogP contribution in [0.2, 0.25) is 0 Å². The first kappa shape index (κ1) is 15.0. The van der Waals surface area contributed by atoms with Crippen LogP contribution in [0.1, 0.15) is 18.2 Å². The van der Waals surface area contributed by atoms with Crippen molar-refractivity contribution in [3.05, 3.63) is 48.0 Å². The third-order valence-corrected chi connectivity index (χ3v) is 2.92. The number of guanidine groups is 1. The van der Waals surface area contributed by atoms with E-state index in [0.29, 0.717) is 6.54 Å². The molecule has 0 aliphatic carbocycles. The molecule has 2 heterocycles. The van der Waals surface area contributed by atoms with Crippen molar-refractivity contribution in [2.24, 2.45) is 12.0 Å². The predicted octanol–water partition coefficient (Wildman–Crippen LogP) is 1.11. The van der Waals surface area contributed by atoms with Crippen molar-refractivity contribution < 1.29 is 0 Å². The maximum atomic E-state index is 4.55. The summed E-state index contributed by atoms with van der Waals surface area (Å²) in [6.07, 6.45) is 6.50. The number of nitrogens with one attached hydrogen (secondary N) is 2. The van der Waals surface area contributed by atoms with E-state index < -0.39 is 0 Å². The van der Waals surface area contributed by atoms with Gasteiger partial charge in [-0.05, 0) is 19.1 Å². The molecule has 0 amide bonds. The van der Waals surface area contributed by atoms with Crippen LogP contribution < -0.4 is 10.6 Å². The highest BCUT2D eigenvalue weighted by Crippen LogP contribution is 1.98. The fraction of sp³-hybridized carbons (Fsp3) is 0.400. The SMILES string of the molecule is CCNC(=NCc1cnn(C)c1)NCCc1ccccn1. The van der Waals surface area contributed by atoms with Crippen molar-refractivity contribution in [2.45, 2.75) is 19.9 Å². The van der Waals surface area contributed by atoms with Crippen LogP contribution in [0.25, 0.3) is 0 Å². The molecular formula is C15H22N6. The van der Waals surface area contributed by atoms with Gasteiger partial charge in [-0.3, -0.25) is 9.67 Å². The Morgan fingerprint density at radius 3 is 2.90 bits per heavy atom. The first-order valence-electron chi connectivity index (χ1n) is 7.17. The van der Waals surface area contributed by atoms with Gasteiger partial charge < -0.3 is 10.6 Å². The Morgan fingerprint density at radius 2 is 2.24 bits per heavy atom. The predicted molar refractivity (Wildman–Crippen MR) is 84.0 cm³/mol. The number of pyridine rings is 1. The van der Waals surface area contributed by atoms with E-state index in [1.165, 1.54) is 0 Å². The van der Waals surface area contributed by atoms with Gasteiger partial charge >= 0.3 is 0 Å². The zero-order valence-electron chi connectivity index (χ0n) is 12.6. The number of hydrogen-bond donors (Lipinski definition) is 2. The summed E-state index contributed by atoms with van der Waals surface area (Å²) in [5, 5.41) is 10.7. The maximum Gasteiger partial charge on any atom is 0.191 e. The molecule has 0 unspecified atom stereocenters. The number of nitrogens with zero attached hydrogens (tertiary/aromatic N) is 4. The number of aromatic nitrogens is 3. The van der Waals surface area contributed by atoms with E-state index in [4.69, 9.17) is 0 Å². The second-order valence-electron chi connectivity index (χ2n) is 4.72. The van der Waals surface area contributed by atoms with Crippen LogP contribution in [0.3, 0.4) is 0 Å². The molecule has 0 radical (unpaired) electrons. The standard InChI is InChI=1S/C15H22N6/c1-3-16-15(19-10-13-11-20-21(2)12-13)18-9-7-14-6-4-5-8-17-14/h4-6,8,11-12H,3,7,9-10H2,1-2H3,(H2,16,18,19). The Balaban J connectivity index is 1.83. The Hall–Kier alpha value is -2.37. The maximum absolute atomic E-state index is 4.55. The molecule has 6 nitrogen and oxygen atoms in total. The van der Waals surface area contributed by atoms with E-state index in [9.17, 15) is 0 Å². The summed E-state index contributed by atoms with van der Waals surface area (Å²) >= 11 is 0. The van der Waals surface area contributed by atoms with Gasteiger partial charge in [0.1, 0.15) is 0 Å². The van der Waals surface area contributed by atoms with Crippen molar-refractivity contribution >= 4 is 5.96 Å². The first-order valence-corrected chi connectivity index (χ1v) is 7.17. The van der Waals surface area contributed by atoms with Gasteiger partial charge in [0, 0.05) is 50.2 Å². The van der Waals surface area contributed by atoms with Crippen LogP contribution in [0.4, 0.5) is 0 Å². The highest BCUT2D eigenvalue weighted by Gasteiger charge is 1.99. The third kappa shape index (κ3) is 5.25. The topological polar surface area (TPSA) is 67.1 Å². The van der Waals surface area contributed by atoms with Crippen molar-refractivity contribution in [2.75, 3.05) is 13.1 Å². The van der Waals surface area contributed by atoms with Crippen LogP contribution in [0.15, 0.2) is 41.8 Å².